The van der Waals surface area contributed by atoms with E-state index in [1.54, 1.807) is 0 Å². The maximum atomic E-state index is 13.6. The van der Waals surface area contributed by atoms with Crippen molar-refractivity contribution in [2.24, 2.45) is 11.8 Å². The van der Waals surface area contributed by atoms with Crippen molar-refractivity contribution < 1.29 is 27.9 Å². The highest BCUT2D eigenvalue weighted by atomic mass is 28.4. The second-order valence-electron chi connectivity index (χ2n) is 10.8. The second-order valence-corrected chi connectivity index (χ2v) is 19.6. The summed E-state index contributed by atoms with van der Waals surface area (Å²) < 4.78 is 24.5. The van der Waals surface area contributed by atoms with Crippen molar-refractivity contribution >= 4 is 28.6 Å². The van der Waals surface area contributed by atoms with E-state index in [-0.39, 0.29) is 37.9 Å². The monoisotopic (exact) mass is 462 g/mol. The lowest BCUT2D eigenvalue weighted by atomic mass is 9.78. The van der Waals surface area contributed by atoms with E-state index in [2.05, 4.69) is 0 Å². The van der Waals surface area contributed by atoms with Crippen LogP contribution in [-0.4, -0.2) is 53.0 Å². The van der Waals surface area contributed by atoms with Crippen LogP contribution in [0.25, 0.3) is 0 Å². The third kappa shape index (κ3) is 8.09. The SMILES string of the molecule is CCC(O[Si](C)(C)C)(C(=O)OCC(C)C)C(CC)(O[Si](C)(C)C)C(=O)OCC(C)C. The third-order valence-corrected chi connectivity index (χ3v) is 6.29. The van der Waals surface area contributed by atoms with E-state index in [9.17, 15) is 9.59 Å². The van der Waals surface area contributed by atoms with Crippen LogP contribution in [0.5, 0.6) is 0 Å². The van der Waals surface area contributed by atoms with Crippen LogP contribution in [0.1, 0.15) is 54.4 Å². The molecule has 8 heteroatoms. The molecule has 0 rings (SSSR count). The van der Waals surface area contributed by atoms with Crippen molar-refractivity contribution in [3.05, 3.63) is 0 Å². The Morgan fingerprint density at radius 1 is 0.667 bits per heavy atom. The quantitative estimate of drug-likeness (QED) is 0.270. The van der Waals surface area contributed by atoms with Crippen molar-refractivity contribution in [1.29, 1.82) is 0 Å². The Morgan fingerprint density at radius 3 is 1.10 bits per heavy atom. The van der Waals surface area contributed by atoms with Crippen molar-refractivity contribution in [3.63, 3.8) is 0 Å². The number of hydrogen-bond acceptors (Lipinski definition) is 6. The van der Waals surface area contributed by atoms with E-state index < -0.39 is 39.8 Å². The molecule has 0 spiro atoms. The third-order valence-electron chi connectivity index (χ3n) is 4.36. The molecule has 0 aromatic carbocycles. The molecule has 0 aliphatic rings. The zero-order chi connectivity index (χ0) is 24.0. The van der Waals surface area contributed by atoms with Gasteiger partial charge in [0.15, 0.2) is 27.8 Å². The Labute approximate surface area is 186 Å². The van der Waals surface area contributed by atoms with Gasteiger partial charge in [0.05, 0.1) is 13.2 Å². The number of rotatable bonds is 13. The average molecular weight is 463 g/mol. The first-order valence-corrected chi connectivity index (χ1v) is 18.0. The van der Waals surface area contributed by atoms with Gasteiger partial charge in [-0.3, -0.25) is 0 Å². The summed E-state index contributed by atoms with van der Waals surface area (Å²) in [6.45, 7) is 24.1. The summed E-state index contributed by atoms with van der Waals surface area (Å²) in [7, 11) is -4.60. The van der Waals surface area contributed by atoms with Crippen LogP contribution >= 0.6 is 0 Å². The van der Waals surface area contributed by atoms with E-state index in [1.807, 2.05) is 80.8 Å². The Balaban J connectivity index is 6.74. The van der Waals surface area contributed by atoms with Crippen molar-refractivity contribution in [2.75, 3.05) is 13.2 Å². The summed E-state index contributed by atoms with van der Waals surface area (Å²) >= 11 is 0. The molecular formula is C22H46O6Si2. The summed E-state index contributed by atoms with van der Waals surface area (Å²) in [5, 5.41) is 0. The molecule has 0 saturated heterocycles. The zero-order valence-corrected chi connectivity index (χ0v) is 23.4. The standard InChI is InChI=1S/C22H46O6Si2/c1-13-21(27-29(7,8)9,19(23)25-15-17(3)4)22(14-2,28-30(10,11)12)20(24)26-16-18(5)6/h17-18H,13-16H2,1-12H3. The second kappa shape index (κ2) is 11.2. The maximum absolute atomic E-state index is 13.6. The van der Waals surface area contributed by atoms with Gasteiger partial charge in [-0.05, 0) is 64.0 Å². The minimum absolute atomic E-state index is 0.164. The normalized spacial score (nSPS) is 16.9. The highest BCUT2D eigenvalue weighted by Gasteiger charge is 2.65. The van der Waals surface area contributed by atoms with Crippen LogP contribution in [-0.2, 0) is 27.9 Å². The molecule has 0 N–H and O–H groups in total. The van der Waals surface area contributed by atoms with Crippen LogP contribution in [0.15, 0.2) is 0 Å². The molecule has 0 fully saturated rings. The van der Waals surface area contributed by atoms with Crippen LogP contribution in [0.2, 0.25) is 39.3 Å². The summed E-state index contributed by atoms with van der Waals surface area (Å²) in [6, 6.07) is 0. The fourth-order valence-corrected chi connectivity index (χ4v) is 6.22. The molecule has 2 atom stereocenters. The molecular weight excluding hydrogens is 416 g/mol. The average Bonchev–Trinajstić information content (AvgIpc) is 2.58. The van der Waals surface area contributed by atoms with E-state index in [4.69, 9.17) is 18.3 Å². The van der Waals surface area contributed by atoms with Gasteiger partial charge < -0.3 is 18.3 Å². The lowest BCUT2D eigenvalue weighted by Crippen LogP contribution is -2.71. The Bertz CT molecular complexity index is 515. The van der Waals surface area contributed by atoms with Crippen LogP contribution in [0.3, 0.4) is 0 Å². The van der Waals surface area contributed by atoms with Gasteiger partial charge in [-0.2, -0.15) is 0 Å². The molecule has 0 radical (unpaired) electrons. The first-order chi connectivity index (χ1) is 13.5. The molecule has 30 heavy (non-hydrogen) atoms. The van der Waals surface area contributed by atoms with Crippen LogP contribution in [0, 0.1) is 11.8 Å². The van der Waals surface area contributed by atoms with Gasteiger partial charge in [-0.1, -0.05) is 41.5 Å². The van der Waals surface area contributed by atoms with E-state index in [0.29, 0.717) is 0 Å². The number of hydrogen-bond donors (Lipinski definition) is 0. The highest BCUT2D eigenvalue weighted by Crippen LogP contribution is 2.42. The lowest BCUT2D eigenvalue weighted by molar-refractivity contribution is -0.208. The minimum atomic E-state index is -2.30. The van der Waals surface area contributed by atoms with Gasteiger partial charge in [0, 0.05) is 0 Å². The van der Waals surface area contributed by atoms with Gasteiger partial charge in [-0.15, -0.1) is 0 Å². The number of carbonyl (C=O) groups excluding carboxylic acids is 2. The molecule has 0 saturated carbocycles. The molecule has 0 bridgehead atoms. The summed E-state index contributed by atoms with van der Waals surface area (Å²) in [6.07, 6.45) is 0.507. The van der Waals surface area contributed by atoms with Crippen molar-refractivity contribution in [2.45, 2.75) is 105 Å². The Hall–Kier alpha value is -0.706. The maximum Gasteiger partial charge on any atom is 0.340 e. The fourth-order valence-electron chi connectivity index (χ4n) is 3.35. The van der Waals surface area contributed by atoms with Crippen molar-refractivity contribution in [1.82, 2.24) is 0 Å². The molecule has 0 heterocycles. The van der Waals surface area contributed by atoms with Gasteiger partial charge in [0.2, 0.25) is 0 Å². The van der Waals surface area contributed by atoms with E-state index in [1.165, 1.54) is 0 Å². The first kappa shape index (κ1) is 29.3. The lowest BCUT2D eigenvalue weighted by Gasteiger charge is -2.50. The van der Waals surface area contributed by atoms with Gasteiger partial charge in [0.25, 0.3) is 0 Å². The van der Waals surface area contributed by atoms with E-state index in [0.717, 1.165) is 0 Å². The minimum Gasteiger partial charge on any atom is -0.463 e. The molecule has 6 nitrogen and oxygen atoms in total. The van der Waals surface area contributed by atoms with Gasteiger partial charge in [-0.25, -0.2) is 9.59 Å². The van der Waals surface area contributed by atoms with Gasteiger partial charge in [0.1, 0.15) is 0 Å². The van der Waals surface area contributed by atoms with E-state index >= 15 is 0 Å². The smallest absolute Gasteiger partial charge is 0.340 e. The largest absolute Gasteiger partial charge is 0.463 e. The summed E-state index contributed by atoms with van der Waals surface area (Å²) in [5.41, 5.74) is -3.12. The van der Waals surface area contributed by atoms with Crippen LogP contribution < -0.4 is 0 Å². The molecule has 0 aliphatic heterocycles. The molecule has 0 aromatic heterocycles. The predicted octanol–water partition coefficient (Wildman–Crippen LogP) is 5.39. The topological polar surface area (TPSA) is 71.1 Å². The fraction of sp³-hybridized carbons (Fsp3) is 0.909. The van der Waals surface area contributed by atoms with Gasteiger partial charge >= 0.3 is 11.9 Å². The molecule has 0 aromatic rings. The zero-order valence-electron chi connectivity index (χ0n) is 21.4. The molecule has 0 amide bonds. The Kier molecular flexibility index (Phi) is 11.0. The Morgan fingerprint density at radius 2 is 0.933 bits per heavy atom. The first-order valence-electron chi connectivity index (χ1n) is 11.2. The number of esters is 2. The number of carbonyl (C=O) groups is 2. The predicted molar refractivity (Wildman–Crippen MR) is 127 cm³/mol. The highest BCUT2D eigenvalue weighted by molar-refractivity contribution is 6.70. The molecule has 0 aliphatic carbocycles. The summed E-state index contributed by atoms with van der Waals surface area (Å²) in [4.78, 5) is 27.2. The van der Waals surface area contributed by atoms with Crippen molar-refractivity contribution in [3.8, 4) is 0 Å². The number of ether oxygens (including phenoxy) is 2. The van der Waals surface area contributed by atoms with Crippen LogP contribution in [0.4, 0.5) is 0 Å². The molecule has 2 unspecified atom stereocenters. The molecule has 178 valence electrons. The summed E-state index contributed by atoms with van der Waals surface area (Å²) in [5.74, 6) is -0.750.